The van der Waals surface area contributed by atoms with Gasteiger partial charge in [-0.1, -0.05) is 35.3 Å². The minimum Gasteiger partial charge on any atom is -0.324 e. The van der Waals surface area contributed by atoms with Gasteiger partial charge >= 0.3 is 0 Å². The molecule has 3 rings (SSSR count). The van der Waals surface area contributed by atoms with E-state index in [1.807, 2.05) is 19.9 Å². The molecule has 3 amide bonds. The molecule has 0 saturated carbocycles. The number of carbonyl (C=O) groups is 3. The van der Waals surface area contributed by atoms with Gasteiger partial charge in [-0.15, -0.1) is 0 Å². The molecule has 8 nitrogen and oxygen atoms in total. The summed E-state index contributed by atoms with van der Waals surface area (Å²) in [6, 6.07) is 7.72. The fourth-order valence-electron chi connectivity index (χ4n) is 2.80. The Morgan fingerprint density at radius 2 is 1.94 bits per heavy atom. The molecule has 0 spiro atoms. The second kappa shape index (κ2) is 9.09. The number of benzene rings is 2. The van der Waals surface area contributed by atoms with E-state index < -0.39 is 28.5 Å². The lowest BCUT2D eigenvalue weighted by atomic mass is 10.1. The average Bonchev–Trinajstić information content (AvgIpc) is 2.94. The average molecular weight is 480 g/mol. The van der Waals surface area contributed by atoms with Crippen LogP contribution in [-0.2, 0) is 9.59 Å². The number of hydrogen-bond acceptors (Lipinski definition) is 6. The Morgan fingerprint density at radius 1 is 1.23 bits per heavy atom. The maximum Gasteiger partial charge on any atom is 0.294 e. The number of nitro groups is 1. The van der Waals surface area contributed by atoms with Crippen LogP contribution < -0.4 is 5.32 Å². The molecule has 2 aromatic rings. The molecule has 1 N–H and O–H groups in total. The van der Waals surface area contributed by atoms with E-state index in [4.69, 9.17) is 23.2 Å². The van der Waals surface area contributed by atoms with E-state index in [2.05, 4.69) is 5.32 Å². The third-order valence-corrected chi connectivity index (χ3v) is 6.14. The SMILES string of the molecule is Cc1cccc(NC(=O)CN2C(=O)S/C(=C\c3cc([N+](=O)[O-])c(Cl)cc3Cl)C2=O)c1C. The van der Waals surface area contributed by atoms with Crippen molar-refractivity contribution in [2.45, 2.75) is 13.8 Å². The summed E-state index contributed by atoms with van der Waals surface area (Å²) >= 11 is 12.5. The maximum atomic E-state index is 12.7. The standard InChI is InChI=1S/C20H15Cl2N3O5S/c1-10-4-3-5-15(11(10)2)23-18(26)9-24-19(27)17(31-20(24)28)7-12-6-16(25(29)30)14(22)8-13(12)21/h3-8H,9H2,1-2H3,(H,23,26)/b17-7-. The van der Waals surface area contributed by atoms with E-state index in [0.717, 1.165) is 22.1 Å². The molecule has 1 heterocycles. The van der Waals surface area contributed by atoms with Crippen LogP contribution in [0.4, 0.5) is 16.2 Å². The van der Waals surface area contributed by atoms with Gasteiger partial charge in [-0.3, -0.25) is 29.4 Å². The highest BCUT2D eigenvalue weighted by atomic mass is 35.5. The third-order valence-electron chi connectivity index (χ3n) is 4.60. The predicted molar refractivity (Wildman–Crippen MR) is 120 cm³/mol. The third kappa shape index (κ3) is 4.90. The minimum atomic E-state index is -0.695. The Labute approximate surface area is 191 Å². The van der Waals surface area contributed by atoms with Crippen LogP contribution in [0, 0.1) is 24.0 Å². The van der Waals surface area contributed by atoms with Gasteiger partial charge in [0, 0.05) is 22.3 Å². The number of amides is 3. The van der Waals surface area contributed by atoms with Crippen molar-refractivity contribution in [2.24, 2.45) is 0 Å². The van der Waals surface area contributed by atoms with Gasteiger partial charge < -0.3 is 5.32 Å². The molecule has 1 aliphatic heterocycles. The molecule has 0 unspecified atom stereocenters. The van der Waals surface area contributed by atoms with E-state index in [1.165, 1.54) is 12.1 Å². The number of carbonyl (C=O) groups excluding carboxylic acids is 3. The number of hydrogen-bond donors (Lipinski definition) is 1. The molecule has 0 atom stereocenters. The Hall–Kier alpha value is -2.88. The Kier molecular flexibility index (Phi) is 6.68. The summed E-state index contributed by atoms with van der Waals surface area (Å²) < 4.78 is 0. The van der Waals surface area contributed by atoms with E-state index in [1.54, 1.807) is 12.1 Å². The number of thioether (sulfide) groups is 1. The number of nitrogens with one attached hydrogen (secondary N) is 1. The van der Waals surface area contributed by atoms with Gasteiger partial charge in [-0.05, 0) is 54.9 Å². The van der Waals surface area contributed by atoms with E-state index in [0.29, 0.717) is 17.4 Å². The largest absolute Gasteiger partial charge is 0.324 e. The second-order valence-corrected chi connectivity index (χ2v) is 8.45. The summed E-state index contributed by atoms with van der Waals surface area (Å²) in [5.74, 6) is -1.22. The zero-order chi connectivity index (χ0) is 22.9. The molecule has 1 aliphatic rings. The smallest absolute Gasteiger partial charge is 0.294 e. The normalized spacial score (nSPS) is 15.0. The molecule has 160 valence electrons. The number of nitro benzene ring substituents is 1. The first-order valence-electron chi connectivity index (χ1n) is 8.83. The molecule has 1 saturated heterocycles. The topological polar surface area (TPSA) is 110 Å². The van der Waals surface area contributed by atoms with Crippen molar-refractivity contribution in [1.29, 1.82) is 0 Å². The van der Waals surface area contributed by atoms with Crippen LogP contribution in [0.3, 0.4) is 0 Å². The Balaban J connectivity index is 1.80. The molecular formula is C20H15Cl2N3O5S. The van der Waals surface area contributed by atoms with Crippen LogP contribution in [0.25, 0.3) is 6.08 Å². The highest BCUT2D eigenvalue weighted by Crippen LogP contribution is 2.36. The van der Waals surface area contributed by atoms with Crippen molar-refractivity contribution in [3.8, 4) is 0 Å². The van der Waals surface area contributed by atoms with Gasteiger partial charge in [-0.25, -0.2) is 0 Å². The molecule has 11 heteroatoms. The highest BCUT2D eigenvalue weighted by molar-refractivity contribution is 8.18. The zero-order valence-corrected chi connectivity index (χ0v) is 18.6. The monoisotopic (exact) mass is 479 g/mol. The van der Waals surface area contributed by atoms with Crippen molar-refractivity contribution in [2.75, 3.05) is 11.9 Å². The number of aryl methyl sites for hydroxylation is 1. The van der Waals surface area contributed by atoms with Crippen LogP contribution in [-0.4, -0.2) is 33.4 Å². The molecule has 0 radical (unpaired) electrons. The van der Waals surface area contributed by atoms with Crippen molar-refractivity contribution < 1.29 is 19.3 Å². The van der Waals surface area contributed by atoms with E-state index in [9.17, 15) is 24.5 Å². The van der Waals surface area contributed by atoms with Crippen LogP contribution in [0.5, 0.6) is 0 Å². The predicted octanol–water partition coefficient (Wildman–Crippen LogP) is 5.19. The molecule has 0 aromatic heterocycles. The molecule has 31 heavy (non-hydrogen) atoms. The second-order valence-electron chi connectivity index (χ2n) is 6.65. The summed E-state index contributed by atoms with van der Waals surface area (Å²) in [5.41, 5.74) is 2.23. The first-order valence-corrected chi connectivity index (χ1v) is 10.4. The van der Waals surface area contributed by atoms with E-state index in [-0.39, 0.29) is 26.2 Å². The highest BCUT2D eigenvalue weighted by Gasteiger charge is 2.36. The van der Waals surface area contributed by atoms with Gasteiger partial charge in [0.2, 0.25) is 5.91 Å². The summed E-state index contributed by atoms with van der Waals surface area (Å²) in [4.78, 5) is 48.5. The van der Waals surface area contributed by atoms with Crippen LogP contribution >= 0.6 is 35.0 Å². The zero-order valence-electron chi connectivity index (χ0n) is 16.3. The minimum absolute atomic E-state index is 0.0111. The van der Waals surface area contributed by atoms with E-state index >= 15 is 0 Å². The number of halogens is 2. The number of nitrogens with zero attached hydrogens (tertiary/aromatic N) is 2. The van der Waals surface area contributed by atoms with Gasteiger partial charge in [0.05, 0.1) is 9.83 Å². The molecule has 2 aromatic carbocycles. The van der Waals surface area contributed by atoms with Crippen molar-refractivity contribution in [3.63, 3.8) is 0 Å². The summed E-state index contributed by atoms with van der Waals surface area (Å²) in [6.07, 6.45) is 1.26. The quantitative estimate of drug-likeness (QED) is 0.358. The molecule has 0 aliphatic carbocycles. The molecular weight excluding hydrogens is 465 g/mol. The first kappa shape index (κ1) is 22.8. The van der Waals surface area contributed by atoms with Gasteiger partial charge in [0.1, 0.15) is 11.6 Å². The van der Waals surface area contributed by atoms with Gasteiger partial charge in [0.15, 0.2) is 0 Å². The summed E-state index contributed by atoms with van der Waals surface area (Å²) in [5, 5.41) is 13.1. The number of imide groups is 1. The molecule has 0 bridgehead atoms. The number of rotatable bonds is 5. The Bertz CT molecular complexity index is 1170. The summed E-state index contributed by atoms with van der Waals surface area (Å²) in [7, 11) is 0. The fraction of sp³-hybridized carbons (Fsp3) is 0.150. The number of anilines is 1. The van der Waals surface area contributed by atoms with Crippen molar-refractivity contribution >= 4 is 69.5 Å². The Morgan fingerprint density at radius 3 is 2.61 bits per heavy atom. The van der Waals surface area contributed by atoms with Crippen LogP contribution in [0.15, 0.2) is 35.2 Å². The van der Waals surface area contributed by atoms with Gasteiger partial charge in [0.25, 0.3) is 16.8 Å². The van der Waals surface area contributed by atoms with Crippen LogP contribution in [0.2, 0.25) is 10.0 Å². The maximum absolute atomic E-state index is 12.7. The fourth-order valence-corrected chi connectivity index (χ4v) is 4.14. The first-order chi connectivity index (χ1) is 14.6. The lowest BCUT2D eigenvalue weighted by Gasteiger charge is -2.14. The van der Waals surface area contributed by atoms with Crippen LogP contribution in [0.1, 0.15) is 16.7 Å². The lowest BCUT2D eigenvalue weighted by molar-refractivity contribution is -0.384. The lowest BCUT2D eigenvalue weighted by Crippen LogP contribution is -2.36. The molecule has 1 fully saturated rings. The van der Waals surface area contributed by atoms with Gasteiger partial charge in [-0.2, -0.15) is 0 Å². The van der Waals surface area contributed by atoms with Crippen molar-refractivity contribution in [3.05, 3.63) is 72.1 Å². The van der Waals surface area contributed by atoms with Crippen molar-refractivity contribution in [1.82, 2.24) is 4.90 Å². The summed E-state index contributed by atoms with van der Waals surface area (Å²) in [6.45, 7) is 3.28.